The average Bonchev–Trinajstić information content (AvgIpc) is 3.21. The van der Waals surface area contributed by atoms with Crippen LogP contribution in [0.3, 0.4) is 0 Å². The largest absolute Gasteiger partial charge is 0.378 e. The number of rotatable bonds is 4. The van der Waals surface area contributed by atoms with Crippen molar-refractivity contribution in [3.63, 3.8) is 0 Å². The number of ether oxygens (including phenoxy) is 1. The van der Waals surface area contributed by atoms with Crippen molar-refractivity contribution in [2.45, 2.75) is 12.6 Å². The first-order chi connectivity index (χ1) is 14.8. The van der Waals surface area contributed by atoms with Crippen LogP contribution in [-0.2, 0) is 16.0 Å². The van der Waals surface area contributed by atoms with E-state index in [9.17, 15) is 4.79 Å². The van der Waals surface area contributed by atoms with Gasteiger partial charge in [-0.2, -0.15) is 9.36 Å². The minimum Gasteiger partial charge on any atom is -0.378 e. The van der Waals surface area contributed by atoms with E-state index in [2.05, 4.69) is 19.6 Å². The third-order valence-corrected chi connectivity index (χ3v) is 5.85. The lowest BCUT2D eigenvalue weighted by atomic mass is 9.96. The van der Waals surface area contributed by atoms with Crippen LogP contribution < -0.4 is 10.2 Å². The fourth-order valence-electron chi connectivity index (χ4n) is 3.68. The number of benzene rings is 2. The third-order valence-electron chi connectivity index (χ3n) is 5.22. The van der Waals surface area contributed by atoms with E-state index >= 15 is 0 Å². The molecule has 2 aromatic carbocycles. The van der Waals surface area contributed by atoms with Crippen LogP contribution >= 0.6 is 11.5 Å². The summed E-state index contributed by atoms with van der Waals surface area (Å²) in [6.07, 6.45) is -0.388. The number of hydrogen-bond acceptors (Lipinski definition) is 8. The molecule has 1 atom stereocenters. The van der Waals surface area contributed by atoms with Gasteiger partial charge < -0.3 is 15.0 Å². The van der Waals surface area contributed by atoms with Gasteiger partial charge >= 0.3 is 0 Å². The number of morpholine rings is 1. The zero-order valence-corrected chi connectivity index (χ0v) is 17.1. The smallest absolute Gasteiger partial charge is 0.239 e. The van der Waals surface area contributed by atoms with Crippen LogP contribution in [0.5, 0.6) is 0 Å². The highest BCUT2D eigenvalue weighted by molar-refractivity contribution is 7.09. The SMILES string of the molecule is O=C1Cc2ccccc2C(c2ccccc2)=NC1Nc1nc(N2CCOCC2)ns1. The first-order valence-corrected chi connectivity index (χ1v) is 10.7. The molecule has 2 aliphatic rings. The quantitative estimate of drug-likeness (QED) is 0.701. The molecule has 0 bridgehead atoms. The molecule has 7 nitrogen and oxygen atoms in total. The second kappa shape index (κ2) is 8.33. The predicted octanol–water partition coefficient (Wildman–Crippen LogP) is 2.78. The molecule has 8 heteroatoms. The van der Waals surface area contributed by atoms with Crippen LogP contribution in [-0.4, -0.2) is 53.3 Å². The van der Waals surface area contributed by atoms with Gasteiger partial charge in [0.2, 0.25) is 11.1 Å². The molecule has 0 aliphatic carbocycles. The van der Waals surface area contributed by atoms with Gasteiger partial charge in [-0.05, 0) is 5.56 Å². The predicted molar refractivity (Wildman–Crippen MR) is 118 cm³/mol. The van der Waals surface area contributed by atoms with Gasteiger partial charge in [-0.1, -0.05) is 54.6 Å². The summed E-state index contributed by atoms with van der Waals surface area (Å²) in [5.41, 5.74) is 3.78. The topological polar surface area (TPSA) is 79.7 Å². The Morgan fingerprint density at radius 1 is 1.03 bits per heavy atom. The van der Waals surface area contributed by atoms with E-state index in [0.29, 0.717) is 30.7 Å². The first-order valence-electron chi connectivity index (χ1n) is 9.95. The number of Topliss-reactive ketones (excluding diaryl/α,β-unsaturated/α-hetero) is 1. The van der Waals surface area contributed by atoms with Crippen molar-refractivity contribution in [1.82, 2.24) is 9.36 Å². The summed E-state index contributed by atoms with van der Waals surface area (Å²) in [6.45, 7) is 2.88. The minimum atomic E-state index is -0.710. The number of hydrogen-bond donors (Lipinski definition) is 1. The fraction of sp³-hybridized carbons (Fsp3) is 0.273. The summed E-state index contributed by atoms with van der Waals surface area (Å²) >= 11 is 1.25. The number of carbonyl (C=O) groups excluding carboxylic acids is 1. The molecule has 1 unspecified atom stereocenters. The van der Waals surface area contributed by atoms with Crippen LogP contribution in [0.1, 0.15) is 16.7 Å². The minimum absolute atomic E-state index is 0.0107. The van der Waals surface area contributed by atoms with Crippen molar-refractivity contribution in [2.75, 3.05) is 36.5 Å². The molecule has 0 spiro atoms. The number of carbonyl (C=O) groups is 1. The molecule has 3 aromatic rings. The van der Waals surface area contributed by atoms with Gasteiger partial charge in [0, 0.05) is 42.2 Å². The number of anilines is 2. The number of aromatic nitrogens is 2. The van der Waals surface area contributed by atoms with Crippen molar-refractivity contribution in [3.8, 4) is 0 Å². The molecule has 2 aliphatic heterocycles. The van der Waals surface area contributed by atoms with Gasteiger partial charge in [-0.3, -0.25) is 9.79 Å². The molecule has 1 saturated heterocycles. The van der Waals surface area contributed by atoms with Gasteiger partial charge in [0.1, 0.15) is 0 Å². The zero-order chi connectivity index (χ0) is 20.3. The molecule has 5 rings (SSSR count). The van der Waals surface area contributed by atoms with Crippen LogP contribution in [0, 0.1) is 0 Å². The lowest BCUT2D eigenvalue weighted by Crippen LogP contribution is -2.36. The summed E-state index contributed by atoms with van der Waals surface area (Å²) in [4.78, 5) is 24.6. The first kappa shape index (κ1) is 18.9. The standard InChI is InChI=1S/C22H21N5O2S/c28-18-14-16-8-4-5-9-17(16)19(15-6-2-1-3-7-15)23-20(18)24-22-25-21(26-30-22)27-10-12-29-13-11-27/h1-9,20H,10-14H2,(H,24,25,26). The highest BCUT2D eigenvalue weighted by Crippen LogP contribution is 2.24. The molecule has 152 valence electrons. The van der Waals surface area contributed by atoms with Crippen LogP contribution in [0.15, 0.2) is 59.6 Å². The maximum absolute atomic E-state index is 13.0. The van der Waals surface area contributed by atoms with Gasteiger partial charge in [-0.25, -0.2) is 0 Å². The number of fused-ring (bicyclic) bond motifs is 1. The summed E-state index contributed by atoms with van der Waals surface area (Å²) < 4.78 is 9.84. The lowest BCUT2D eigenvalue weighted by molar-refractivity contribution is -0.118. The van der Waals surface area contributed by atoms with Crippen molar-refractivity contribution in [3.05, 3.63) is 71.3 Å². The van der Waals surface area contributed by atoms with Gasteiger partial charge in [0.25, 0.3) is 0 Å². The van der Waals surface area contributed by atoms with Gasteiger partial charge in [-0.15, -0.1) is 0 Å². The van der Waals surface area contributed by atoms with Gasteiger partial charge in [0.15, 0.2) is 11.9 Å². The summed E-state index contributed by atoms with van der Waals surface area (Å²) in [7, 11) is 0. The van der Waals surface area contributed by atoms with Crippen LogP contribution in [0.2, 0.25) is 0 Å². The Bertz CT molecular complexity index is 1080. The molecule has 1 fully saturated rings. The summed E-state index contributed by atoms with van der Waals surface area (Å²) in [5.74, 6) is 0.680. The second-order valence-electron chi connectivity index (χ2n) is 7.19. The normalized spacial score (nSPS) is 19.1. The van der Waals surface area contributed by atoms with E-state index in [-0.39, 0.29) is 5.78 Å². The second-order valence-corrected chi connectivity index (χ2v) is 7.94. The van der Waals surface area contributed by atoms with E-state index in [0.717, 1.165) is 35.5 Å². The molecule has 30 heavy (non-hydrogen) atoms. The highest BCUT2D eigenvalue weighted by Gasteiger charge is 2.27. The van der Waals surface area contributed by atoms with Crippen LogP contribution in [0.4, 0.5) is 11.1 Å². The van der Waals surface area contributed by atoms with E-state index in [4.69, 9.17) is 9.73 Å². The molecule has 1 N–H and O–H groups in total. The molecular formula is C22H21N5O2S. The van der Waals surface area contributed by atoms with Gasteiger partial charge in [0.05, 0.1) is 18.9 Å². The van der Waals surface area contributed by atoms with E-state index in [1.807, 2.05) is 54.6 Å². The Hall–Kier alpha value is -3.10. The van der Waals surface area contributed by atoms with Crippen molar-refractivity contribution < 1.29 is 9.53 Å². The van der Waals surface area contributed by atoms with E-state index < -0.39 is 6.17 Å². The maximum Gasteiger partial charge on any atom is 0.239 e. The molecule has 1 aromatic heterocycles. The third kappa shape index (κ3) is 3.83. The summed E-state index contributed by atoms with van der Waals surface area (Å²) in [5, 5.41) is 3.81. The Kier molecular flexibility index (Phi) is 5.25. The maximum atomic E-state index is 13.0. The van der Waals surface area contributed by atoms with Crippen molar-refractivity contribution >= 4 is 34.1 Å². The molecular weight excluding hydrogens is 398 g/mol. The Labute approximate surface area is 178 Å². The van der Waals surface area contributed by atoms with Crippen LogP contribution in [0.25, 0.3) is 0 Å². The average molecular weight is 420 g/mol. The highest BCUT2D eigenvalue weighted by atomic mass is 32.1. The summed E-state index contributed by atoms with van der Waals surface area (Å²) in [6, 6.07) is 17.9. The Morgan fingerprint density at radius 3 is 2.63 bits per heavy atom. The molecule has 0 radical (unpaired) electrons. The Morgan fingerprint density at radius 2 is 1.80 bits per heavy atom. The van der Waals surface area contributed by atoms with E-state index in [1.165, 1.54) is 11.5 Å². The number of nitrogens with zero attached hydrogens (tertiary/aromatic N) is 4. The van der Waals surface area contributed by atoms with Crippen molar-refractivity contribution in [1.29, 1.82) is 0 Å². The molecule has 0 saturated carbocycles. The molecule has 0 amide bonds. The zero-order valence-electron chi connectivity index (χ0n) is 16.3. The monoisotopic (exact) mass is 419 g/mol. The van der Waals surface area contributed by atoms with Crippen molar-refractivity contribution in [2.24, 2.45) is 4.99 Å². The lowest BCUT2D eigenvalue weighted by Gasteiger charge is -2.25. The number of nitrogens with one attached hydrogen (secondary N) is 1. The Balaban J connectivity index is 1.46. The fourth-order valence-corrected chi connectivity index (χ4v) is 4.29. The molecule has 3 heterocycles. The number of aliphatic imine (C=N–C) groups is 1. The number of ketones is 1. The van der Waals surface area contributed by atoms with E-state index in [1.54, 1.807) is 0 Å².